The molecule has 0 amide bonds. The summed E-state index contributed by atoms with van der Waals surface area (Å²) in [5, 5.41) is 5.53. The Hall–Kier alpha value is -2.92. The minimum atomic E-state index is -0.262. The molecule has 0 spiro atoms. The van der Waals surface area contributed by atoms with Crippen molar-refractivity contribution in [1.29, 1.82) is 0 Å². The zero-order chi connectivity index (χ0) is 18.4. The largest absolute Gasteiger partial charge is 0.488 e. The lowest BCUT2D eigenvalue weighted by Crippen LogP contribution is -1.99. The van der Waals surface area contributed by atoms with E-state index in [0.717, 1.165) is 44.6 Å². The average molecular weight is 421 g/mol. The van der Waals surface area contributed by atoms with Crippen molar-refractivity contribution in [3.63, 3.8) is 0 Å². The van der Waals surface area contributed by atoms with Gasteiger partial charge in [-0.05, 0) is 64.1 Å². The first-order valence-corrected chi connectivity index (χ1v) is 9.46. The molecule has 2 heterocycles. The second kappa shape index (κ2) is 6.35. The summed E-state index contributed by atoms with van der Waals surface area (Å²) in [7, 11) is 0. The van der Waals surface area contributed by atoms with Crippen molar-refractivity contribution >= 4 is 32.4 Å². The first-order valence-electron chi connectivity index (χ1n) is 8.54. The van der Waals surface area contributed by atoms with Crippen LogP contribution in [-0.2, 0) is 6.61 Å². The number of rotatable bonds is 1. The number of para-hydroxylation sites is 1. The summed E-state index contributed by atoms with van der Waals surface area (Å²) >= 11 is 3.52. The van der Waals surface area contributed by atoms with Crippen LogP contribution in [0.1, 0.15) is 16.7 Å². The van der Waals surface area contributed by atoms with Gasteiger partial charge in [0.1, 0.15) is 18.2 Å². The third-order valence-electron chi connectivity index (χ3n) is 4.82. The number of aromatic nitrogens is 2. The van der Waals surface area contributed by atoms with Crippen LogP contribution in [0.15, 0.2) is 71.8 Å². The molecule has 0 aliphatic carbocycles. The highest BCUT2D eigenvalue weighted by Crippen LogP contribution is 2.39. The normalized spacial score (nSPS) is 14.5. The molecule has 0 atom stereocenters. The van der Waals surface area contributed by atoms with Crippen molar-refractivity contribution in [3.8, 4) is 11.4 Å². The van der Waals surface area contributed by atoms with Crippen molar-refractivity contribution in [3.05, 3.63) is 94.4 Å². The summed E-state index contributed by atoms with van der Waals surface area (Å²) in [6.45, 7) is 0.473. The van der Waals surface area contributed by atoms with E-state index < -0.39 is 0 Å². The van der Waals surface area contributed by atoms with Crippen LogP contribution < -0.4 is 4.74 Å². The maximum absolute atomic E-state index is 13.3. The quantitative estimate of drug-likeness (QED) is 0.386. The molecule has 27 heavy (non-hydrogen) atoms. The number of hydrogen-bond donors (Lipinski definition) is 0. The van der Waals surface area contributed by atoms with Gasteiger partial charge < -0.3 is 4.74 Å². The van der Waals surface area contributed by atoms with Gasteiger partial charge in [0.25, 0.3) is 0 Å². The maximum atomic E-state index is 13.3. The van der Waals surface area contributed by atoms with Gasteiger partial charge in [-0.15, -0.1) is 0 Å². The number of fused-ring (bicyclic) bond motifs is 3. The Morgan fingerprint density at radius 1 is 1.04 bits per heavy atom. The van der Waals surface area contributed by atoms with Crippen LogP contribution >= 0.6 is 15.9 Å². The molecule has 4 aromatic rings. The molecule has 0 bridgehead atoms. The minimum Gasteiger partial charge on any atom is -0.488 e. The van der Waals surface area contributed by atoms with E-state index in [1.165, 1.54) is 12.1 Å². The molecule has 0 saturated carbocycles. The number of ether oxygens (including phenoxy) is 1. The molecule has 0 N–H and O–H groups in total. The Balaban J connectivity index is 1.71. The van der Waals surface area contributed by atoms with Crippen LogP contribution in [0, 0.1) is 5.82 Å². The summed E-state index contributed by atoms with van der Waals surface area (Å²) in [5.41, 5.74) is 6.11. The van der Waals surface area contributed by atoms with Gasteiger partial charge in [-0.1, -0.05) is 34.1 Å². The standard InChI is InChI=1S/C22H14BrFN2O/c23-11-20-18-3-1-2-4-22(18)27-13-15-10-21-14(9-19(15)20)12-25-26(21)17-7-5-16(24)6-8-17/h1-12H,13H2. The fourth-order valence-electron chi connectivity index (χ4n) is 3.51. The highest BCUT2D eigenvalue weighted by molar-refractivity contribution is 9.11. The van der Waals surface area contributed by atoms with Crippen molar-refractivity contribution in [1.82, 2.24) is 9.78 Å². The highest BCUT2D eigenvalue weighted by atomic mass is 79.9. The zero-order valence-electron chi connectivity index (χ0n) is 14.2. The fourth-order valence-corrected chi connectivity index (χ4v) is 4.00. The van der Waals surface area contributed by atoms with E-state index in [-0.39, 0.29) is 5.82 Å². The van der Waals surface area contributed by atoms with Gasteiger partial charge in [-0.3, -0.25) is 0 Å². The molecule has 0 radical (unpaired) electrons. The van der Waals surface area contributed by atoms with Crippen molar-refractivity contribution in [2.75, 3.05) is 0 Å². The van der Waals surface area contributed by atoms with Gasteiger partial charge in [-0.2, -0.15) is 5.10 Å². The minimum absolute atomic E-state index is 0.262. The van der Waals surface area contributed by atoms with Crippen LogP contribution in [0.2, 0.25) is 0 Å². The summed E-state index contributed by atoms with van der Waals surface area (Å²) in [4.78, 5) is 1.94. The van der Waals surface area contributed by atoms with Crippen LogP contribution in [0.25, 0.3) is 22.2 Å². The monoisotopic (exact) mass is 420 g/mol. The molecule has 0 fully saturated rings. The van der Waals surface area contributed by atoms with Gasteiger partial charge >= 0.3 is 0 Å². The molecular weight excluding hydrogens is 407 g/mol. The van der Waals surface area contributed by atoms with Gasteiger partial charge in [0.2, 0.25) is 0 Å². The van der Waals surface area contributed by atoms with Gasteiger partial charge in [0, 0.05) is 10.9 Å². The number of hydrogen-bond acceptors (Lipinski definition) is 2. The lowest BCUT2D eigenvalue weighted by atomic mass is 9.94. The summed E-state index contributed by atoms with van der Waals surface area (Å²) in [6, 6.07) is 18.6. The molecule has 5 heteroatoms. The molecule has 0 saturated heterocycles. The van der Waals surface area contributed by atoms with Gasteiger partial charge in [0.15, 0.2) is 0 Å². The van der Waals surface area contributed by atoms with E-state index in [4.69, 9.17) is 4.74 Å². The van der Waals surface area contributed by atoms with E-state index in [2.05, 4.69) is 39.2 Å². The summed E-state index contributed by atoms with van der Waals surface area (Å²) in [6.07, 6.45) is 1.84. The van der Waals surface area contributed by atoms with Gasteiger partial charge in [-0.25, -0.2) is 9.07 Å². The van der Waals surface area contributed by atoms with Crippen LogP contribution in [0.4, 0.5) is 4.39 Å². The Kier molecular flexibility index (Phi) is 3.83. The van der Waals surface area contributed by atoms with E-state index in [1.807, 2.05) is 34.1 Å². The SMILES string of the molecule is Fc1ccc(-n2ncc3cc4c(cc32)COc2ccccc2C4=CBr)cc1. The average Bonchev–Trinajstić information content (AvgIpc) is 3.03. The van der Waals surface area contributed by atoms with Crippen molar-refractivity contribution in [2.24, 2.45) is 0 Å². The predicted octanol–water partition coefficient (Wildman–Crippen LogP) is 5.84. The Morgan fingerprint density at radius 2 is 1.85 bits per heavy atom. The first-order chi connectivity index (χ1) is 13.2. The van der Waals surface area contributed by atoms with E-state index in [0.29, 0.717) is 6.61 Å². The Labute approximate surface area is 163 Å². The smallest absolute Gasteiger partial charge is 0.127 e. The number of benzene rings is 3. The topological polar surface area (TPSA) is 27.1 Å². The highest BCUT2D eigenvalue weighted by Gasteiger charge is 2.20. The molecule has 1 aromatic heterocycles. The Morgan fingerprint density at radius 3 is 2.67 bits per heavy atom. The zero-order valence-corrected chi connectivity index (χ0v) is 15.8. The predicted molar refractivity (Wildman–Crippen MR) is 108 cm³/mol. The Bertz CT molecular complexity index is 1190. The van der Waals surface area contributed by atoms with Crippen molar-refractivity contribution < 1.29 is 9.13 Å². The molecule has 1 aliphatic heterocycles. The molecule has 3 aromatic carbocycles. The van der Waals surface area contributed by atoms with Gasteiger partial charge in [0.05, 0.1) is 17.4 Å². The van der Waals surface area contributed by atoms with Crippen molar-refractivity contribution in [2.45, 2.75) is 6.61 Å². The molecule has 132 valence electrons. The van der Waals surface area contributed by atoms with Crippen LogP contribution in [0.5, 0.6) is 5.75 Å². The second-order valence-electron chi connectivity index (χ2n) is 6.41. The van der Waals surface area contributed by atoms with Crippen LogP contribution in [-0.4, -0.2) is 9.78 Å². The third-order valence-corrected chi connectivity index (χ3v) is 5.28. The molecule has 3 nitrogen and oxygen atoms in total. The van der Waals surface area contributed by atoms with E-state index >= 15 is 0 Å². The summed E-state index contributed by atoms with van der Waals surface area (Å²) < 4.78 is 21.1. The lowest BCUT2D eigenvalue weighted by molar-refractivity contribution is 0.307. The van der Waals surface area contributed by atoms with E-state index in [9.17, 15) is 4.39 Å². The summed E-state index contributed by atoms with van der Waals surface area (Å²) in [5.74, 6) is 0.603. The first kappa shape index (κ1) is 16.3. The third kappa shape index (κ3) is 2.66. The molecule has 0 unspecified atom stereocenters. The second-order valence-corrected chi connectivity index (χ2v) is 6.87. The molecule has 1 aliphatic rings. The fraction of sp³-hybridized carbons (Fsp3) is 0.0455. The number of halogens is 2. The lowest BCUT2D eigenvalue weighted by Gasteiger charge is -2.10. The molecular formula is C22H14BrFN2O. The maximum Gasteiger partial charge on any atom is 0.127 e. The van der Waals surface area contributed by atoms with E-state index in [1.54, 1.807) is 12.1 Å². The number of nitrogens with zero attached hydrogens (tertiary/aromatic N) is 2. The molecule has 5 rings (SSSR count). The van der Waals surface area contributed by atoms with Crippen LogP contribution in [0.3, 0.4) is 0 Å².